The van der Waals surface area contributed by atoms with Crippen molar-refractivity contribution in [3.05, 3.63) is 186 Å². The summed E-state index contributed by atoms with van der Waals surface area (Å²) in [5.41, 5.74) is 21.8. The van der Waals surface area contributed by atoms with E-state index in [4.69, 9.17) is 0 Å². The number of anilines is 6. The molecule has 358 valence electrons. The minimum atomic E-state index is -0.149. The number of hydrogen-bond donors (Lipinski definition) is 0. The second kappa shape index (κ2) is 17.0. The molecule has 2 aliphatic rings. The number of para-hydroxylation sites is 4. The van der Waals surface area contributed by atoms with Gasteiger partial charge in [-0.2, -0.15) is 0 Å². The van der Waals surface area contributed by atoms with E-state index in [0.717, 1.165) is 48.4 Å². The van der Waals surface area contributed by atoms with Gasteiger partial charge in [0.25, 0.3) is 6.71 Å². The summed E-state index contributed by atoms with van der Waals surface area (Å²) < 4.78 is 5.56. The molecule has 2 aromatic heterocycles. The lowest BCUT2D eigenvalue weighted by Gasteiger charge is -2.38. The first-order chi connectivity index (χ1) is 34.1. The van der Waals surface area contributed by atoms with Crippen LogP contribution in [0.1, 0.15) is 131 Å². The topological polar surface area (TPSA) is 16.3 Å². The van der Waals surface area contributed by atoms with Crippen LogP contribution in [0.5, 0.6) is 0 Å². The van der Waals surface area contributed by atoms with Crippen molar-refractivity contribution in [1.82, 2.24) is 9.13 Å². The Labute approximate surface area is 424 Å². The van der Waals surface area contributed by atoms with E-state index < -0.39 is 0 Å². The van der Waals surface area contributed by atoms with E-state index in [9.17, 15) is 0 Å². The van der Waals surface area contributed by atoms with Crippen LogP contribution in [-0.4, -0.2) is 15.8 Å². The predicted octanol–water partition coefficient (Wildman–Crippen LogP) is 16.4. The number of benzene rings is 7. The molecule has 0 N–H and O–H groups in total. The average molecular weight is 931 g/mol. The zero-order valence-electron chi connectivity index (χ0n) is 44.3. The third-order valence-corrected chi connectivity index (χ3v) is 17.4. The Morgan fingerprint density at radius 2 is 0.676 bits per heavy atom. The van der Waals surface area contributed by atoms with Gasteiger partial charge in [-0.15, -0.1) is 0 Å². The SMILES string of the molecule is CCC(C)(C)c1c(C(C)(C)CC)n2c3c(ccc(N(c4ccccc4)c4ccccc4)c13)B1c3c-2cccc3-n2c(C(C)(C)CC)c(C(C)(C)CC)c3c(N(c4ccccc4)c4ccccc4)ccc1c32. The molecule has 9 aromatic rings. The van der Waals surface area contributed by atoms with Crippen LogP contribution in [-0.2, 0) is 21.7 Å². The van der Waals surface area contributed by atoms with Gasteiger partial charge in [0.2, 0.25) is 0 Å². The van der Waals surface area contributed by atoms with E-state index in [1.807, 2.05) is 0 Å². The molecule has 0 unspecified atom stereocenters. The molecule has 71 heavy (non-hydrogen) atoms. The molecule has 5 heteroatoms. The van der Waals surface area contributed by atoms with Gasteiger partial charge in [-0.05, 0) is 137 Å². The standard InChI is InChI=1S/C66H71BN4/c1-13-63(5,6)56-54-50(68(44-30-21-17-22-31-44)45-32-23-18-24-33-45)42-40-48-59(54)70(61(56)65(9,10)15-3)52-38-29-39-53-58(52)67(48)49-41-43-51(69(46-34-25-19-26-35-46)47-36-27-20-28-37-47)55-57(64(7,8)14-2)62(66(11,12)16-4)71(53)60(49)55/h17-43H,13-16H2,1-12H3. The van der Waals surface area contributed by atoms with Crippen molar-refractivity contribution in [3.63, 3.8) is 0 Å². The largest absolute Gasteiger partial charge is 0.314 e. The second-order valence-electron chi connectivity index (χ2n) is 23.0. The van der Waals surface area contributed by atoms with Crippen LogP contribution in [0.15, 0.2) is 164 Å². The van der Waals surface area contributed by atoms with Crippen molar-refractivity contribution in [2.45, 2.75) is 130 Å². The van der Waals surface area contributed by atoms with Gasteiger partial charge in [-0.3, -0.25) is 0 Å². The Hall–Kier alpha value is -6.72. The Bertz CT molecular complexity index is 3160. The van der Waals surface area contributed by atoms with Crippen LogP contribution in [0.3, 0.4) is 0 Å². The first kappa shape index (κ1) is 46.7. The lowest BCUT2D eigenvalue weighted by atomic mass is 9.34. The minimum absolute atomic E-state index is 0.00624. The van der Waals surface area contributed by atoms with E-state index in [2.05, 4.69) is 266 Å². The maximum Gasteiger partial charge on any atom is 0.252 e. The lowest BCUT2D eigenvalue weighted by Crippen LogP contribution is -2.59. The van der Waals surface area contributed by atoms with Gasteiger partial charge in [-0.1, -0.05) is 174 Å². The molecular formula is C66H71BN4. The molecule has 11 rings (SSSR count). The van der Waals surface area contributed by atoms with Gasteiger partial charge < -0.3 is 18.9 Å². The molecule has 0 aliphatic carbocycles. The molecule has 4 nitrogen and oxygen atoms in total. The molecule has 0 atom stereocenters. The van der Waals surface area contributed by atoms with Gasteiger partial charge in [0.15, 0.2) is 0 Å². The van der Waals surface area contributed by atoms with Gasteiger partial charge in [-0.25, -0.2) is 0 Å². The summed E-state index contributed by atoms with van der Waals surface area (Å²) in [5.74, 6) is 0. The maximum absolute atomic E-state index is 2.78. The van der Waals surface area contributed by atoms with Crippen molar-refractivity contribution in [3.8, 4) is 11.4 Å². The Balaban J connectivity index is 1.35. The monoisotopic (exact) mass is 931 g/mol. The smallest absolute Gasteiger partial charge is 0.252 e. The molecule has 0 saturated carbocycles. The molecular weight excluding hydrogens is 860 g/mol. The summed E-state index contributed by atoms with van der Waals surface area (Å²) in [6, 6.07) is 61.4. The molecule has 0 radical (unpaired) electrons. The van der Waals surface area contributed by atoms with Crippen LogP contribution in [0, 0.1) is 0 Å². The summed E-state index contributed by atoms with van der Waals surface area (Å²) in [7, 11) is 0. The Morgan fingerprint density at radius 3 is 0.972 bits per heavy atom. The van der Waals surface area contributed by atoms with Crippen molar-refractivity contribution >= 4 is 79.0 Å². The van der Waals surface area contributed by atoms with Gasteiger partial charge in [0.05, 0.1) is 22.4 Å². The van der Waals surface area contributed by atoms with Crippen molar-refractivity contribution in [2.24, 2.45) is 0 Å². The van der Waals surface area contributed by atoms with E-state index in [1.165, 1.54) is 83.5 Å². The molecule has 0 amide bonds. The van der Waals surface area contributed by atoms with Crippen LogP contribution in [0.4, 0.5) is 34.1 Å². The fourth-order valence-corrected chi connectivity index (χ4v) is 12.3. The molecule has 0 fully saturated rings. The van der Waals surface area contributed by atoms with E-state index in [1.54, 1.807) is 0 Å². The van der Waals surface area contributed by atoms with Gasteiger partial charge in [0.1, 0.15) is 0 Å². The number of fused-ring (bicyclic) bond motifs is 4. The maximum atomic E-state index is 2.78. The van der Waals surface area contributed by atoms with Gasteiger partial charge >= 0.3 is 0 Å². The number of aromatic nitrogens is 2. The van der Waals surface area contributed by atoms with E-state index in [-0.39, 0.29) is 28.4 Å². The van der Waals surface area contributed by atoms with Gasteiger partial charge in [0, 0.05) is 67.1 Å². The minimum Gasteiger partial charge on any atom is -0.314 e. The highest BCUT2D eigenvalue weighted by Crippen LogP contribution is 2.54. The zero-order valence-corrected chi connectivity index (χ0v) is 44.3. The summed E-state index contributed by atoms with van der Waals surface area (Å²) in [6.45, 7) is 29.5. The van der Waals surface area contributed by atoms with Crippen molar-refractivity contribution in [2.75, 3.05) is 9.80 Å². The van der Waals surface area contributed by atoms with Crippen LogP contribution in [0.2, 0.25) is 0 Å². The highest BCUT2D eigenvalue weighted by atomic mass is 15.2. The molecule has 4 heterocycles. The summed E-state index contributed by atoms with van der Waals surface area (Å²) >= 11 is 0. The number of hydrogen-bond acceptors (Lipinski definition) is 2. The normalized spacial score (nSPS) is 13.3. The third-order valence-electron chi connectivity index (χ3n) is 17.4. The first-order valence-corrected chi connectivity index (χ1v) is 26.5. The van der Waals surface area contributed by atoms with Crippen LogP contribution < -0.4 is 26.2 Å². The van der Waals surface area contributed by atoms with Crippen molar-refractivity contribution < 1.29 is 0 Å². The third kappa shape index (κ3) is 6.92. The summed E-state index contributed by atoms with van der Waals surface area (Å²) in [5, 5.41) is 2.73. The number of rotatable bonds is 14. The average Bonchev–Trinajstić information content (AvgIpc) is 3.98. The highest BCUT2D eigenvalue weighted by Gasteiger charge is 2.48. The summed E-state index contributed by atoms with van der Waals surface area (Å²) in [4.78, 5) is 5.04. The lowest BCUT2D eigenvalue weighted by molar-refractivity contribution is 0.443. The number of nitrogens with zero attached hydrogens (tertiary/aromatic N) is 4. The summed E-state index contributed by atoms with van der Waals surface area (Å²) in [6.07, 6.45) is 4.03. The highest BCUT2D eigenvalue weighted by molar-refractivity contribution is 7.00. The fraction of sp³-hybridized carbons (Fsp3) is 0.303. The predicted molar refractivity (Wildman–Crippen MR) is 307 cm³/mol. The zero-order chi connectivity index (χ0) is 49.8. The first-order valence-electron chi connectivity index (χ1n) is 26.5. The molecule has 0 spiro atoms. The Kier molecular flexibility index (Phi) is 11.2. The van der Waals surface area contributed by atoms with E-state index >= 15 is 0 Å². The van der Waals surface area contributed by atoms with E-state index in [0.29, 0.717) is 0 Å². The van der Waals surface area contributed by atoms with Crippen LogP contribution >= 0.6 is 0 Å². The molecule has 2 aliphatic heterocycles. The quantitative estimate of drug-likeness (QED) is 0.101. The molecule has 7 aromatic carbocycles. The van der Waals surface area contributed by atoms with Crippen LogP contribution in [0.25, 0.3) is 33.2 Å². The second-order valence-corrected chi connectivity index (χ2v) is 23.0. The van der Waals surface area contributed by atoms with Crippen molar-refractivity contribution in [1.29, 1.82) is 0 Å². The molecule has 0 bridgehead atoms. The Morgan fingerprint density at radius 1 is 0.366 bits per heavy atom. The fourth-order valence-electron chi connectivity index (χ4n) is 12.3. The molecule has 0 saturated heterocycles.